The van der Waals surface area contributed by atoms with Crippen molar-refractivity contribution >= 4 is 17.4 Å². The van der Waals surface area contributed by atoms with E-state index in [0.717, 1.165) is 19.4 Å². The lowest BCUT2D eigenvalue weighted by Crippen LogP contribution is -2.47. The summed E-state index contributed by atoms with van der Waals surface area (Å²) >= 11 is 0. The maximum atomic E-state index is 11.7. The second-order valence-electron chi connectivity index (χ2n) is 8.79. The SMILES string of the molecule is CCCCOc1ncc2c(n1)NC(C)(C)C(=O)N2.CN.Cc1cccc(CN2CCCC2)c1. The van der Waals surface area contributed by atoms with Crippen LogP contribution in [0, 0.1) is 6.92 Å². The van der Waals surface area contributed by atoms with Gasteiger partial charge in [-0.2, -0.15) is 4.98 Å². The molecule has 4 N–H and O–H groups in total. The second kappa shape index (κ2) is 13.1. The predicted octanol–water partition coefficient (Wildman–Crippen LogP) is 3.96. The Balaban J connectivity index is 0.000000227. The van der Waals surface area contributed by atoms with Gasteiger partial charge in [0.2, 0.25) is 5.91 Å². The summed E-state index contributed by atoms with van der Waals surface area (Å²) in [5, 5.41) is 5.84. The Kier molecular flexibility index (Phi) is 10.5. The maximum absolute atomic E-state index is 11.7. The second-order valence-corrected chi connectivity index (χ2v) is 8.79. The van der Waals surface area contributed by atoms with E-state index in [4.69, 9.17) is 4.74 Å². The van der Waals surface area contributed by atoms with Gasteiger partial charge < -0.3 is 21.1 Å². The minimum atomic E-state index is -0.679. The minimum absolute atomic E-state index is 0.0988. The van der Waals surface area contributed by atoms with Crippen LogP contribution in [0.3, 0.4) is 0 Å². The zero-order valence-corrected chi connectivity index (χ0v) is 20.8. The van der Waals surface area contributed by atoms with Gasteiger partial charge in [0, 0.05) is 6.54 Å². The number of nitrogens with one attached hydrogen (secondary N) is 2. The van der Waals surface area contributed by atoms with Gasteiger partial charge in [0.15, 0.2) is 5.82 Å². The molecular weight excluding hydrogens is 416 g/mol. The molecule has 8 heteroatoms. The average Bonchev–Trinajstić information content (AvgIpc) is 3.30. The van der Waals surface area contributed by atoms with E-state index in [1.54, 1.807) is 20.0 Å². The Hall–Kier alpha value is -2.71. The van der Waals surface area contributed by atoms with Crippen LogP contribution in [-0.4, -0.2) is 53.1 Å². The Bertz CT molecular complexity index is 881. The molecule has 1 saturated heterocycles. The Labute approximate surface area is 198 Å². The number of carbonyl (C=O) groups is 1. The molecule has 1 aromatic carbocycles. The number of likely N-dealkylation sites (tertiary alicyclic amines) is 1. The van der Waals surface area contributed by atoms with Crippen molar-refractivity contribution in [2.24, 2.45) is 5.73 Å². The first-order chi connectivity index (χ1) is 15.9. The molecule has 2 aliphatic rings. The lowest BCUT2D eigenvalue weighted by atomic mass is 10.0. The Morgan fingerprint density at radius 3 is 2.61 bits per heavy atom. The van der Waals surface area contributed by atoms with Crippen LogP contribution < -0.4 is 21.1 Å². The zero-order chi connectivity index (χ0) is 24.3. The van der Waals surface area contributed by atoms with Gasteiger partial charge in [0.1, 0.15) is 11.2 Å². The molecule has 1 aromatic heterocycles. The van der Waals surface area contributed by atoms with Crippen molar-refractivity contribution in [1.82, 2.24) is 14.9 Å². The van der Waals surface area contributed by atoms with Crippen molar-refractivity contribution < 1.29 is 9.53 Å². The first-order valence-electron chi connectivity index (χ1n) is 11.8. The molecule has 0 atom stereocenters. The van der Waals surface area contributed by atoms with Crippen LogP contribution in [0.4, 0.5) is 11.5 Å². The van der Waals surface area contributed by atoms with Crippen molar-refractivity contribution in [3.63, 3.8) is 0 Å². The topological polar surface area (TPSA) is 105 Å². The fourth-order valence-electron chi connectivity index (χ4n) is 3.57. The fourth-order valence-corrected chi connectivity index (χ4v) is 3.57. The van der Waals surface area contributed by atoms with Gasteiger partial charge in [-0.05, 0) is 65.7 Å². The van der Waals surface area contributed by atoms with Crippen molar-refractivity contribution in [2.75, 3.05) is 37.4 Å². The summed E-state index contributed by atoms with van der Waals surface area (Å²) in [6.45, 7) is 12.2. The number of anilines is 2. The summed E-state index contributed by atoms with van der Waals surface area (Å²) in [6, 6.07) is 9.17. The molecule has 0 spiro atoms. The van der Waals surface area contributed by atoms with Crippen LogP contribution in [0.2, 0.25) is 0 Å². The molecule has 0 bridgehead atoms. The van der Waals surface area contributed by atoms with Crippen molar-refractivity contribution in [2.45, 2.75) is 65.5 Å². The van der Waals surface area contributed by atoms with Gasteiger partial charge >= 0.3 is 6.01 Å². The van der Waals surface area contributed by atoms with Gasteiger partial charge in [-0.3, -0.25) is 9.69 Å². The number of rotatable bonds is 6. The number of aromatic nitrogens is 2. The van der Waals surface area contributed by atoms with Crippen LogP contribution >= 0.6 is 0 Å². The van der Waals surface area contributed by atoms with Gasteiger partial charge in [-0.25, -0.2) is 4.98 Å². The molecule has 182 valence electrons. The highest BCUT2D eigenvalue weighted by molar-refractivity contribution is 6.04. The maximum Gasteiger partial charge on any atom is 0.318 e. The summed E-state index contributed by atoms with van der Waals surface area (Å²) in [4.78, 5) is 22.6. The molecule has 1 fully saturated rings. The zero-order valence-electron chi connectivity index (χ0n) is 20.8. The third-order valence-electron chi connectivity index (χ3n) is 5.43. The quantitative estimate of drug-likeness (QED) is 0.565. The standard InChI is InChI=1S/C12H18N4O2.C12H17N.CH5N/c1-4-5-6-18-11-13-7-8-9(15-11)16-12(2,3)10(17)14-8;1-11-5-4-6-12(9-11)10-13-7-2-3-8-13;1-2/h7H,4-6H2,1-3H3,(H,14,17)(H,13,15,16);4-6,9H,2-3,7-8,10H2,1H3;2H2,1H3. The number of hydrogen-bond donors (Lipinski definition) is 3. The molecule has 4 rings (SSSR count). The van der Waals surface area contributed by atoms with Crippen LogP contribution in [0.1, 0.15) is 57.6 Å². The summed E-state index contributed by atoms with van der Waals surface area (Å²) in [7, 11) is 1.50. The van der Waals surface area contributed by atoms with Crippen LogP contribution in [-0.2, 0) is 11.3 Å². The summed E-state index contributed by atoms with van der Waals surface area (Å²) in [5.74, 6) is 0.499. The monoisotopic (exact) mass is 456 g/mol. The molecule has 0 aliphatic carbocycles. The van der Waals surface area contributed by atoms with Crippen LogP contribution in [0.15, 0.2) is 30.5 Å². The molecule has 0 unspecified atom stereocenters. The summed E-state index contributed by atoms with van der Waals surface area (Å²) < 4.78 is 5.43. The number of aryl methyl sites for hydroxylation is 1. The molecule has 33 heavy (non-hydrogen) atoms. The summed E-state index contributed by atoms with van der Waals surface area (Å²) in [6.07, 6.45) is 6.35. The number of fused-ring (bicyclic) bond motifs is 1. The van der Waals surface area contributed by atoms with Gasteiger partial charge in [0.25, 0.3) is 0 Å². The molecule has 0 radical (unpaired) electrons. The molecule has 3 heterocycles. The van der Waals surface area contributed by atoms with E-state index in [1.165, 1.54) is 44.1 Å². The van der Waals surface area contributed by atoms with Crippen molar-refractivity contribution in [3.05, 3.63) is 41.6 Å². The van der Waals surface area contributed by atoms with E-state index in [-0.39, 0.29) is 5.91 Å². The van der Waals surface area contributed by atoms with E-state index in [2.05, 4.69) is 69.3 Å². The van der Waals surface area contributed by atoms with E-state index in [1.807, 2.05) is 0 Å². The van der Waals surface area contributed by atoms with Gasteiger partial charge in [-0.15, -0.1) is 0 Å². The summed E-state index contributed by atoms with van der Waals surface area (Å²) in [5.41, 5.74) is 7.24. The van der Waals surface area contributed by atoms with Crippen molar-refractivity contribution in [1.29, 1.82) is 0 Å². The third-order valence-corrected chi connectivity index (χ3v) is 5.43. The highest BCUT2D eigenvalue weighted by atomic mass is 16.5. The van der Waals surface area contributed by atoms with Crippen LogP contribution in [0.25, 0.3) is 0 Å². The highest BCUT2D eigenvalue weighted by Crippen LogP contribution is 2.29. The first-order valence-corrected chi connectivity index (χ1v) is 11.8. The number of nitrogens with zero attached hydrogens (tertiary/aromatic N) is 3. The smallest absolute Gasteiger partial charge is 0.318 e. The number of nitrogens with two attached hydrogens (primary N) is 1. The van der Waals surface area contributed by atoms with E-state index in [9.17, 15) is 4.79 Å². The number of hydrogen-bond acceptors (Lipinski definition) is 7. The fraction of sp³-hybridized carbons (Fsp3) is 0.560. The minimum Gasteiger partial charge on any atom is -0.463 e. The molecule has 8 nitrogen and oxygen atoms in total. The largest absolute Gasteiger partial charge is 0.463 e. The number of ether oxygens (including phenoxy) is 1. The number of unbranched alkanes of at least 4 members (excludes halogenated alkanes) is 1. The van der Waals surface area contributed by atoms with E-state index in [0.29, 0.717) is 24.1 Å². The third kappa shape index (κ3) is 8.29. The lowest BCUT2D eigenvalue weighted by molar-refractivity contribution is -0.119. The lowest BCUT2D eigenvalue weighted by Gasteiger charge is -2.31. The van der Waals surface area contributed by atoms with Crippen LogP contribution in [0.5, 0.6) is 6.01 Å². The highest BCUT2D eigenvalue weighted by Gasteiger charge is 2.34. The predicted molar refractivity (Wildman–Crippen MR) is 135 cm³/mol. The van der Waals surface area contributed by atoms with E-state index >= 15 is 0 Å². The number of amides is 1. The van der Waals surface area contributed by atoms with E-state index < -0.39 is 5.54 Å². The number of benzene rings is 1. The molecule has 2 aliphatic heterocycles. The molecule has 0 saturated carbocycles. The number of carbonyl (C=O) groups excluding carboxylic acids is 1. The first kappa shape index (κ1) is 26.5. The molecule has 2 aromatic rings. The van der Waals surface area contributed by atoms with Gasteiger partial charge in [-0.1, -0.05) is 43.2 Å². The Morgan fingerprint density at radius 2 is 1.94 bits per heavy atom. The average molecular weight is 457 g/mol. The van der Waals surface area contributed by atoms with Gasteiger partial charge in [0.05, 0.1) is 12.8 Å². The normalized spacial score (nSPS) is 16.2. The molecule has 1 amide bonds. The van der Waals surface area contributed by atoms with Crippen molar-refractivity contribution in [3.8, 4) is 6.01 Å². The Morgan fingerprint density at radius 1 is 1.21 bits per heavy atom. The molecular formula is C25H40N6O2.